The van der Waals surface area contributed by atoms with Gasteiger partial charge >= 0.3 is 0 Å². The Morgan fingerprint density at radius 3 is 2.61 bits per heavy atom. The van der Waals surface area contributed by atoms with Crippen molar-refractivity contribution in [3.05, 3.63) is 0 Å². The first-order valence-corrected chi connectivity index (χ1v) is 8.69. The van der Waals surface area contributed by atoms with Gasteiger partial charge in [-0.3, -0.25) is 0 Å². The molecule has 0 aromatic carbocycles. The van der Waals surface area contributed by atoms with Crippen molar-refractivity contribution in [2.75, 3.05) is 31.9 Å². The molecule has 4 nitrogen and oxygen atoms in total. The largest absolute Gasteiger partial charge is 0.310 e. The Balaban J connectivity index is 2.56. The van der Waals surface area contributed by atoms with Crippen molar-refractivity contribution in [1.82, 2.24) is 10.2 Å². The van der Waals surface area contributed by atoms with E-state index in [0.29, 0.717) is 6.54 Å². The summed E-state index contributed by atoms with van der Waals surface area (Å²) in [7, 11) is -2.92. The second kappa shape index (κ2) is 6.35. The van der Waals surface area contributed by atoms with Crippen LogP contribution < -0.4 is 5.32 Å². The van der Waals surface area contributed by atoms with Gasteiger partial charge in [-0.25, -0.2) is 8.42 Å². The zero-order valence-corrected chi connectivity index (χ0v) is 13.0. The molecule has 18 heavy (non-hydrogen) atoms. The second-order valence-electron chi connectivity index (χ2n) is 5.89. The summed E-state index contributed by atoms with van der Waals surface area (Å²) in [5.41, 5.74) is 0.123. The molecule has 108 valence electrons. The van der Waals surface area contributed by atoms with Gasteiger partial charge in [0.1, 0.15) is 0 Å². The Hall–Kier alpha value is -0.130. The molecule has 0 amide bonds. The molecule has 1 rings (SSSR count). The van der Waals surface area contributed by atoms with Gasteiger partial charge in [0.2, 0.25) is 0 Å². The Morgan fingerprint density at radius 2 is 2.06 bits per heavy atom. The van der Waals surface area contributed by atoms with Crippen LogP contribution in [0.1, 0.15) is 40.5 Å². The maximum absolute atomic E-state index is 11.8. The van der Waals surface area contributed by atoms with E-state index in [2.05, 4.69) is 24.1 Å². The van der Waals surface area contributed by atoms with E-state index in [4.69, 9.17) is 0 Å². The minimum atomic E-state index is -2.92. The van der Waals surface area contributed by atoms with Crippen molar-refractivity contribution in [3.63, 3.8) is 0 Å². The lowest BCUT2D eigenvalue weighted by Crippen LogP contribution is -2.49. The summed E-state index contributed by atoms with van der Waals surface area (Å²) < 4.78 is 23.7. The number of hydrogen-bond acceptors (Lipinski definition) is 4. The average Bonchev–Trinajstić information content (AvgIpc) is 2.49. The highest BCUT2D eigenvalue weighted by atomic mass is 32.2. The first kappa shape index (κ1) is 15.9. The standard InChI is InChI=1S/C13H28N2O2S/c1-5-13(4)11-15(8-6-7-14-13)9-10-18(16,17)12(2)3/h12,14H,5-11H2,1-4H3. The monoisotopic (exact) mass is 276 g/mol. The van der Waals surface area contributed by atoms with E-state index < -0.39 is 9.84 Å². The van der Waals surface area contributed by atoms with E-state index in [1.54, 1.807) is 13.8 Å². The Labute approximate surface area is 112 Å². The van der Waals surface area contributed by atoms with E-state index in [0.717, 1.165) is 32.5 Å². The summed E-state index contributed by atoms with van der Waals surface area (Å²) in [5, 5.41) is 3.30. The van der Waals surface area contributed by atoms with Crippen molar-refractivity contribution in [1.29, 1.82) is 0 Å². The first-order valence-electron chi connectivity index (χ1n) is 6.98. The third-order valence-electron chi connectivity index (χ3n) is 3.97. The molecule has 0 bridgehead atoms. The fraction of sp³-hybridized carbons (Fsp3) is 1.00. The summed E-state index contributed by atoms with van der Waals surface area (Å²) in [6.07, 6.45) is 2.16. The number of hydrogen-bond donors (Lipinski definition) is 1. The fourth-order valence-electron chi connectivity index (χ4n) is 2.24. The van der Waals surface area contributed by atoms with Crippen molar-refractivity contribution in [2.24, 2.45) is 0 Å². The van der Waals surface area contributed by atoms with Gasteiger partial charge in [0.05, 0.1) is 11.0 Å². The van der Waals surface area contributed by atoms with Crippen molar-refractivity contribution in [3.8, 4) is 0 Å². The summed E-state index contributed by atoms with van der Waals surface area (Å²) >= 11 is 0. The van der Waals surface area contributed by atoms with Crippen molar-refractivity contribution >= 4 is 9.84 Å². The van der Waals surface area contributed by atoms with Gasteiger partial charge in [0.25, 0.3) is 0 Å². The van der Waals surface area contributed by atoms with Crippen LogP contribution in [-0.4, -0.2) is 56.0 Å². The first-order chi connectivity index (χ1) is 8.29. The average molecular weight is 276 g/mol. The predicted molar refractivity (Wildman–Crippen MR) is 76.7 cm³/mol. The van der Waals surface area contributed by atoms with Gasteiger partial charge in [-0.05, 0) is 46.7 Å². The Morgan fingerprint density at radius 1 is 1.39 bits per heavy atom. The lowest BCUT2D eigenvalue weighted by atomic mass is 9.99. The summed E-state index contributed by atoms with van der Waals surface area (Å²) in [4.78, 5) is 2.30. The Kier molecular flexibility index (Phi) is 5.62. The molecular formula is C13H28N2O2S. The van der Waals surface area contributed by atoms with Gasteiger partial charge < -0.3 is 10.2 Å². The molecule has 0 aromatic heterocycles. The van der Waals surface area contributed by atoms with Crippen LogP contribution in [0.2, 0.25) is 0 Å². The molecule has 0 radical (unpaired) electrons. The molecule has 1 heterocycles. The molecule has 1 saturated heterocycles. The quantitative estimate of drug-likeness (QED) is 0.822. The smallest absolute Gasteiger partial charge is 0.153 e. The number of sulfone groups is 1. The highest BCUT2D eigenvalue weighted by Crippen LogP contribution is 2.15. The van der Waals surface area contributed by atoms with Gasteiger partial charge in [-0.15, -0.1) is 0 Å². The molecule has 0 saturated carbocycles. The molecule has 0 spiro atoms. The van der Waals surface area contributed by atoms with Crippen LogP contribution in [0.3, 0.4) is 0 Å². The summed E-state index contributed by atoms with van der Waals surface area (Å²) in [5.74, 6) is 0.282. The van der Waals surface area contributed by atoms with E-state index in [-0.39, 0.29) is 16.5 Å². The van der Waals surface area contributed by atoms with E-state index in [9.17, 15) is 8.42 Å². The van der Waals surface area contributed by atoms with E-state index in [1.807, 2.05) is 0 Å². The van der Waals surface area contributed by atoms with Gasteiger partial charge in [-0.1, -0.05) is 6.92 Å². The molecule has 5 heteroatoms. The van der Waals surface area contributed by atoms with E-state index in [1.165, 1.54) is 0 Å². The highest BCUT2D eigenvalue weighted by Gasteiger charge is 2.28. The topological polar surface area (TPSA) is 49.4 Å². The lowest BCUT2D eigenvalue weighted by molar-refractivity contribution is 0.224. The molecule has 1 aliphatic heterocycles. The summed E-state index contributed by atoms with van der Waals surface area (Å²) in [6, 6.07) is 0. The highest BCUT2D eigenvalue weighted by molar-refractivity contribution is 7.92. The van der Waals surface area contributed by atoms with Crippen LogP contribution in [0, 0.1) is 0 Å². The number of nitrogens with one attached hydrogen (secondary N) is 1. The van der Waals surface area contributed by atoms with Crippen LogP contribution >= 0.6 is 0 Å². The summed E-state index contributed by atoms with van der Waals surface area (Å²) in [6.45, 7) is 11.6. The zero-order valence-electron chi connectivity index (χ0n) is 12.2. The molecule has 0 aliphatic carbocycles. The molecule has 1 aliphatic rings. The maximum atomic E-state index is 11.8. The van der Waals surface area contributed by atoms with Gasteiger partial charge in [0.15, 0.2) is 9.84 Å². The number of rotatable bonds is 5. The van der Waals surface area contributed by atoms with E-state index >= 15 is 0 Å². The molecule has 1 fully saturated rings. The molecule has 1 unspecified atom stereocenters. The van der Waals surface area contributed by atoms with Crippen molar-refractivity contribution < 1.29 is 8.42 Å². The zero-order chi connectivity index (χ0) is 13.8. The number of nitrogens with zero attached hydrogens (tertiary/aromatic N) is 1. The third kappa shape index (κ3) is 4.52. The fourth-order valence-corrected chi connectivity index (χ4v) is 3.23. The van der Waals surface area contributed by atoms with Crippen LogP contribution in [0.25, 0.3) is 0 Å². The van der Waals surface area contributed by atoms with Crippen LogP contribution in [0.4, 0.5) is 0 Å². The minimum Gasteiger partial charge on any atom is -0.310 e. The van der Waals surface area contributed by atoms with Gasteiger partial charge in [0, 0.05) is 18.6 Å². The van der Waals surface area contributed by atoms with Crippen LogP contribution in [0.15, 0.2) is 0 Å². The van der Waals surface area contributed by atoms with Crippen molar-refractivity contribution in [2.45, 2.75) is 51.3 Å². The van der Waals surface area contributed by atoms with Crippen LogP contribution in [0.5, 0.6) is 0 Å². The predicted octanol–water partition coefficient (Wildman–Crippen LogP) is 1.27. The minimum absolute atomic E-state index is 0.123. The maximum Gasteiger partial charge on any atom is 0.153 e. The molecule has 1 atom stereocenters. The van der Waals surface area contributed by atoms with Crippen LogP contribution in [-0.2, 0) is 9.84 Å². The molecule has 0 aromatic rings. The van der Waals surface area contributed by atoms with Gasteiger partial charge in [-0.2, -0.15) is 0 Å². The SMILES string of the molecule is CCC1(C)CN(CCS(=O)(=O)C(C)C)CCCN1. The normalized spacial score (nSPS) is 27.4. The third-order valence-corrected chi connectivity index (χ3v) is 6.15. The molecular weight excluding hydrogens is 248 g/mol. The molecule has 1 N–H and O–H groups in total. The Bertz CT molecular complexity index is 354. The second-order valence-corrected chi connectivity index (χ2v) is 8.56. The lowest BCUT2D eigenvalue weighted by Gasteiger charge is -2.32.